The third kappa shape index (κ3) is 2.52. The molecule has 0 atom stereocenters. The zero-order valence-corrected chi connectivity index (χ0v) is 12.2. The van der Waals surface area contributed by atoms with Gasteiger partial charge in [-0.15, -0.1) is 0 Å². The maximum absolute atomic E-state index is 12.1. The van der Waals surface area contributed by atoms with E-state index in [1.54, 1.807) is 18.2 Å². The average molecular weight is 301 g/mol. The summed E-state index contributed by atoms with van der Waals surface area (Å²) in [6, 6.07) is 14.8. The molecule has 0 saturated carbocycles. The third-order valence-electron chi connectivity index (χ3n) is 3.20. The lowest BCUT2D eigenvalue weighted by molar-refractivity contribution is 0.247. The molecule has 3 nitrogen and oxygen atoms in total. The molecular weight excluding hydrogens is 288 g/mol. The Kier molecular flexibility index (Phi) is 3.67. The predicted octanol–water partition coefficient (Wildman–Crippen LogP) is 4.51. The summed E-state index contributed by atoms with van der Waals surface area (Å²) in [6.45, 7) is 2.26. The largest absolute Gasteiger partial charge is 0.465 e. The van der Waals surface area contributed by atoms with Crippen LogP contribution >= 0.6 is 11.6 Å². The maximum atomic E-state index is 12.1. The first-order valence-electron chi connectivity index (χ1n) is 6.65. The molecule has 106 valence electrons. The van der Waals surface area contributed by atoms with Crippen molar-refractivity contribution in [3.8, 4) is 17.1 Å². The topological polar surface area (TPSA) is 39.4 Å². The summed E-state index contributed by atoms with van der Waals surface area (Å²) in [5.74, 6) is 0.225. The molecule has 0 unspecified atom stereocenters. The number of hydrogen-bond acceptors (Lipinski definition) is 3. The van der Waals surface area contributed by atoms with Crippen LogP contribution in [0, 0.1) is 0 Å². The normalized spacial score (nSPS) is 10.8. The van der Waals surface area contributed by atoms with Crippen molar-refractivity contribution in [2.45, 2.75) is 6.92 Å². The Morgan fingerprint density at radius 3 is 2.57 bits per heavy atom. The van der Waals surface area contributed by atoms with Crippen LogP contribution in [0.2, 0.25) is 5.02 Å². The highest BCUT2D eigenvalue weighted by atomic mass is 35.5. The van der Waals surface area contributed by atoms with E-state index in [1.165, 1.54) is 0 Å². The van der Waals surface area contributed by atoms with E-state index >= 15 is 0 Å². The van der Waals surface area contributed by atoms with Gasteiger partial charge in [0.25, 0.3) is 5.95 Å². The number of rotatable bonds is 3. The van der Waals surface area contributed by atoms with Crippen molar-refractivity contribution >= 4 is 22.4 Å². The van der Waals surface area contributed by atoms with Gasteiger partial charge in [-0.1, -0.05) is 41.9 Å². The van der Waals surface area contributed by atoms with Gasteiger partial charge in [0.1, 0.15) is 0 Å². The second-order valence-electron chi connectivity index (χ2n) is 4.54. The smallest absolute Gasteiger partial charge is 0.346 e. The molecule has 1 heterocycles. The first kappa shape index (κ1) is 13.7. The molecular formula is C17H13ClO3. The number of hydrogen-bond donors (Lipinski definition) is 0. The minimum atomic E-state index is -0.426. The quantitative estimate of drug-likeness (QED) is 0.714. The van der Waals surface area contributed by atoms with Gasteiger partial charge in [0.05, 0.1) is 17.6 Å². The lowest BCUT2D eigenvalue weighted by atomic mass is 10.0. The van der Waals surface area contributed by atoms with Gasteiger partial charge in [-0.25, -0.2) is 4.79 Å². The number of halogens is 1. The molecule has 0 saturated heterocycles. The minimum absolute atomic E-state index is 0.225. The van der Waals surface area contributed by atoms with E-state index in [4.69, 9.17) is 20.8 Å². The molecule has 0 aliphatic heterocycles. The van der Waals surface area contributed by atoms with E-state index in [0.717, 1.165) is 16.5 Å². The molecule has 3 aromatic rings. The Balaban J connectivity index is 2.43. The van der Waals surface area contributed by atoms with Crippen molar-refractivity contribution < 1.29 is 9.15 Å². The number of benzene rings is 2. The van der Waals surface area contributed by atoms with E-state index in [2.05, 4.69) is 0 Å². The molecule has 21 heavy (non-hydrogen) atoms. The van der Waals surface area contributed by atoms with Crippen LogP contribution < -0.4 is 10.4 Å². The summed E-state index contributed by atoms with van der Waals surface area (Å²) in [5, 5.41) is 1.78. The van der Waals surface area contributed by atoms with Gasteiger partial charge < -0.3 is 9.15 Å². The zero-order chi connectivity index (χ0) is 14.8. The lowest BCUT2D eigenvalue weighted by Crippen LogP contribution is -2.05. The Morgan fingerprint density at radius 2 is 1.86 bits per heavy atom. The van der Waals surface area contributed by atoms with Gasteiger partial charge in [0, 0.05) is 10.4 Å². The number of fused-ring (bicyclic) bond motifs is 1. The van der Waals surface area contributed by atoms with E-state index < -0.39 is 5.63 Å². The van der Waals surface area contributed by atoms with Gasteiger partial charge in [0.15, 0.2) is 0 Å². The highest BCUT2D eigenvalue weighted by Gasteiger charge is 2.16. The van der Waals surface area contributed by atoms with Crippen molar-refractivity contribution in [3.63, 3.8) is 0 Å². The van der Waals surface area contributed by atoms with Crippen molar-refractivity contribution in [3.05, 3.63) is 64.0 Å². The van der Waals surface area contributed by atoms with Crippen molar-refractivity contribution in [2.75, 3.05) is 6.61 Å². The zero-order valence-electron chi connectivity index (χ0n) is 11.4. The molecule has 0 spiro atoms. The first-order chi connectivity index (χ1) is 10.2. The molecule has 3 rings (SSSR count). The van der Waals surface area contributed by atoms with Crippen LogP contribution in [-0.2, 0) is 0 Å². The van der Waals surface area contributed by atoms with Crippen molar-refractivity contribution in [2.24, 2.45) is 0 Å². The second kappa shape index (κ2) is 5.62. The Labute approximate surface area is 126 Å². The maximum Gasteiger partial charge on any atom is 0.346 e. The van der Waals surface area contributed by atoms with E-state index in [0.29, 0.717) is 17.0 Å². The highest BCUT2D eigenvalue weighted by Crippen LogP contribution is 2.36. The molecule has 0 amide bonds. The Morgan fingerprint density at radius 1 is 1.10 bits per heavy atom. The fourth-order valence-electron chi connectivity index (χ4n) is 2.31. The van der Waals surface area contributed by atoms with Gasteiger partial charge in [-0.05, 0) is 30.7 Å². The fourth-order valence-corrected chi connectivity index (χ4v) is 2.48. The third-order valence-corrected chi connectivity index (χ3v) is 3.43. The molecule has 0 aliphatic carbocycles. The average Bonchev–Trinajstić information content (AvgIpc) is 2.48. The van der Waals surface area contributed by atoms with Crippen LogP contribution in [-0.4, -0.2) is 6.61 Å². The van der Waals surface area contributed by atoms with Crippen LogP contribution in [0.4, 0.5) is 0 Å². The fraction of sp³-hybridized carbons (Fsp3) is 0.118. The molecule has 1 aromatic heterocycles. The van der Waals surface area contributed by atoms with E-state index in [-0.39, 0.29) is 5.95 Å². The van der Waals surface area contributed by atoms with Crippen molar-refractivity contribution in [1.29, 1.82) is 0 Å². The van der Waals surface area contributed by atoms with Crippen LogP contribution in [0.1, 0.15) is 6.92 Å². The van der Waals surface area contributed by atoms with Gasteiger partial charge >= 0.3 is 5.63 Å². The standard InChI is InChI=1S/C17H13ClO3/c1-2-20-17-15(11-6-4-3-5-7-11)14-10-12(18)8-9-13(14)16(19)21-17/h3-10H,2H2,1H3. The van der Waals surface area contributed by atoms with E-state index in [1.807, 2.05) is 37.3 Å². The SMILES string of the molecule is CCOc1oc(=O)c2ccc(Cl)cc2c1-c1ccccc1. The Bertz CT molecular complexity index is 838. The summed E-state index contributed by atoms with van der Waals surface area (Å²) in [6.07, 6.45) is 0. The first-order valence-corrected chi connectivity index (χ1v) is 7.03. The molecule has 0 N–H and O–H groups in total. The van der Waals surface area contributed by atoms with Crippen molar-refractivity contribution in [1.82, 2.24) is 0 Å². The van der Waals surface area contributed by atoms with Crippen LogP contribution in [0.15, 0.2) is 57.7 Å². The van der Waals surface area contributed by atoms with Gasteiger partial charge in [-0.3, -0.25) is 0 Å². The van der Waals surface area contributed by atoms with Gasteiger partial charge in [-0.2, -0.15) is 0 Å². The summed E-state index contributed by atoms with van der Waals surface area (Å²) in [4.78, 5) is 12.1. The summed E-state index contributed by atoms with van der Waals surface area (Å²) in [7, 11) is 0. The molecule has 0 bridgehead atoms. The van der Waals surface area contributed by atoms with Gasteiger partial charge in [0.2, 0.25) is 0 Å². The monoisotopic (exact) mass is 300 g/mol. The molecule has 4 heteroatoms. The summed E-state index contributed by atoms with van der Waals surface area (Å²) >= 11 is 6.09. The van der Waals surface area contributed by atoms with Crippen LogP contribution in [0.25, 0.3) is 21.9 Å². The highest BCUT2D eigenvalue weighted by molar-refractivity contribution is 6.31. The van der Waals surface area contributed by atoms with Crippen LogP contribution in [0.5, 0.6) is 5.95 Å². The van der Waals surface area contributed by atoms with E-state index in [9.17, 15) is 4.79 Å². The minimum Gasteiger partial charge on any atom is -0.465 e. The molecule has 0 radical (unpaired) electrons. The lowest BCUT2D eigenvalue weighted by Gasteiger charge is -2.11. The molecule has 0 fully saturated rings. The Hall–Kier alpha value is -2.26. The molecule has 2 aromatic carbocycles. The number of ether oxygens (including phenoxy) is 1. The summed E-state index contributed by atoms with van der Waals surface area (Å²) in [5.41, 5.74) is 1.23. The summed E-state index contributed by atoms with van der Waals surface area (Å²) < 4.78 is 10.8. The van der Waals surface area contributed by atoms with Crippen LogP contribution in [0.3, 0.4) is 0 Å². The second-order valence-corrected chi connectivity index (χ2v) is 4.98. The predicted molar refractivity (Wildman–Crippen MR) is 84.1 cm³/mol. The molecule has 0 aliphatic rings.